The van der Waals surface area contributed by atoms with Crippen LogP contribution in [0.2, 0.25) is 5.02 Å². The zero-order valence-corrected chi connectivity index (χ0v) is 10.6. The normalized spacial score (nSPS) is 14.4. The molecule has 0 aromatic heterocycles. The van der Waals surface area contributed by atoms with Crippen LogP contribution in [0.1, 0.15) is 20.3 Å². The first-order chi connectivity index (χ1) is 7.82. The number of hydrogen-bond acceptors (Lipinski definition) is 4. The molecule has 2 unspecified atom stereocenters. The number of nitrogens with one attached hydrogen (secondary N) is 1. The highest BCUT2D eigenvalue weighted by molar-refractivity contribution is 6.33. The molecule has 6 heteroatoms. The third-order valence-corrected chi connectivity index (χ3v) is 2.73. The molecule has 2 atom stereocenters. The molecule has 0 spiro atoms. The molecule has 0 saturated heterocycles. The van der Waals surface area contributed by atoms with Gasteiger partial charge in [0.05, 0.1) is 23.2 Å². The standard InChI is InChI=1S/C11H17ClFN3O/c1-5(3-6(2)17)16-11-8(15)4-7(14)9(12)10(11)13/h4-6,16-17H,3,14-15H2,1-2H3. The molecule has 1 rings (SSSR count). The Labute approximate surface area is 105 Å². The van der Waals surface area contributed by atoms with Crippen molar-refractivity contribution in [1.29, 1.82) is 0 Å². The van der Waals surface area contributed by atoms with Gasteiger partial charge in [-0.05, 0) is 26.3 Å². The molecule has 0 heterocycles. The van der Waals surface area contributed by atoms with Gasteiger partial charge in [-0.15, -0.1) is 0 Å². The van der Waals surface area contributed by atoms with Gasteiger partial charge in [0.15, 0.2) is 5.82 Å². The Morgan fingerprint density at radius 1 is 1.41 bits per heavy atom. The number of nitrogens with two attached hydrogens (primary N) is 2. The third kappa shape index (κ3) is 3.38. The van der Waals surface area contributed by atoms with Crippen LogP contribution in [0.4, 0.5) is 21.5 Å². The van der Waals surface area contributed by atoms with Crippen LogP contribution in [0.3, 0.4) is 0 Å². The summed E-state index contributed by atoms with van der Waals surface area (Å²) < 4.78 is 13.8. The van der Waals surface area contributed by atoms with E-state index in [0.717, 1.165) is 0 Å². The number of halogens is 2. The van der Waals surface area contributed by atoms with Crippen LogP contribution in [-0.4, -0.2) is 17.3 Å². The van der Waals surface area contributed by atoms with E-state index in [9.17, 15) is 9.50 Å². The van der Waals surface area contributed by atoms with E-state index in [1.54, 1.807) is 6.92 Å². The number of anilines is 3. The van der Waals surface area contributed by atoms with Crippen LogP contribution in [0.25, 0.3) is 0 Å². The first-order valence-corrected chi connectivity index (χ1v) is 5.68. The highest BCUT2D eigenvalue weighted by atomic mass is 35.5. The average Bonchev–Trinajstić information content (AvgIpc) is 2.20. The van der Waals surface area contributed by atoms with Crippen molar-refractivity contribution in [3.05, 3.63) is 16.9 Å². The topological polar surface area (TPSA) is 84.3 Å². The minimum atomic E-state index is -0.665. The first-order valence-electron chi connectivity index (χ1n) is 5.30. The number of aliphatic hydroxyl groups is 1. The van der Waals surface area contributed by atoms with Gasteiger partial charge in [0.1, 0.15) is 5.02 Å². The monoisotopic (exact) mass is 261 g/mol. The summed E-state index contributed by atoms with van der Waals surface area (Å²) in [6.07, 6.45) is -0.00743. The fourth-order valence-electron chi connectivity index (χ4n) is 1.63. The summed E-state index contributed by atoms with van der Waals surface area (Å²) in [7, 11) is 0. The van der Waals surface area contributed by atoms with Crippen LogP contribution in [0, 0.1) is 5.82 Å². The van der Waals surface area contributed by atoms with E-state index in [-0.39, 0.29) is 28.1 Å². The maximum Gasteiger partial charge on any atom is 0.169 e. The van der Waals surface area contributed by atoms with Crippen LogP contribution in [0.15, 0.2) is 6.07 Å². The van der Waals surface area contributed by atoms with Gasteiger partial charge in [-0.2, -0.15) is 0 Å². The molecule has 17 heavy (non-hydrogen) atoms. The van der Waals surface area contributed by atoms with Crippen LogP contribution < -0.4 is 16.8 Å². The molecule has 0 radical (unpaired) electrons. The number of benzene rings is 1. The van der Waals surface area contributed by atoms with Gasteiger partial charge in [-0.25, -0.2) is 4.39 Å². The molecule has 1 aromatic rings. The van der Waals surface area contributed by atoms with Crippen molar-refractivity contribution in [2.75, 3.05) is 16.8 Å². The Morgan fingerprint density at radius 3 is 2.53 bits per heavy atom. The minimum absolute atomic E-state index is 0.107. The van der Waals surface area contributed by atoms with Gasteiger partial charge in [-0.1, -0.05) is 11.6 Å². The fourth-order valence-corrected chi connectivity index (χ4v) is 1.78. The lowest BCUT2D eigenvalue weighted by atomic mass is 10.1. The Balaban J connectivity index is 2.95. The summed E-state index contributed by atoms with van der Waals surface area (Å²) in [4.78, 5) is 0. The van der Waals surface area contributed by atoms with Crippen molar-refractivity contribution >= 4 is 28.7 Å². The van der Waals surface area contributed by atoms with Crippen molar-refractivity contribution in [3.8, 4) is 0 Å². The first kappa shape index (κ1) is 13.9. The van der Waals surface area contributed by atoms with Gasteiger partial charge in [-0.3, -0.25) is 0 Å². The summed E-state index contributed by atoms with van der Waals surface area (Å²) >= 11 is 5.70. The predicted molar refractivity (Wildman–Crippen MR) is 69.6 cm³/mol. The van der Waals surface area contributed by atoms with Crippen LogP contribution >= 0.6 is 11.6 Å². The molecule has 1 aromatic carbocycles. The van der Waals surface area contributed by atoms with Gasteiger partial charge in [0, 0.05) is 6.04 Å². The second-order valence-electron chi connectivity index (χ2n) is 4.19. The van der Waals surface area contributed by atoms with E-state index >= 15 is 0 Å². The molecule has 0 fully saturated rings. The molecule has 0 amide bonds. The Hall–Kier alpha value is -1.20. The van der Waals surface area contributed by atoms with E-state index in [1.807, 2.05) is 6.92 Å². The number of nitrogen functional groups attached to an aromatic ring is 2. The zero-order valence-electron chi connectivity index (χ0n) is 9.80. The minimum Gasteiger partial charge on any atom is -0.397 e. The van der Waals surface area contributed by atoms with Crippen molar-refractivity contribution in [2.45, 2.75) is 32.4 Å². The molecular formula is C11H17ClFN3O. The molecule has 0 aliphatic heterocycles. The lowest BCUT2D eigenvalue weighted by Crippen LogP contribution is -2.22. The molecule has 0 saturated carbocycles. The van der Waals surface area contributed by atoms with Gasteiger partial charge in [0.2, 0.25) is 0 Å². The summed E-state index contributed by atoms with van der Waals surface area (Å²) in [5, 5.41) is 12.0. The van der Waals surface area contributed by atoms with Crippen molar-refractivity contribution in [2.24, 2.45) is 0 Å². The molecule has 4 nitrogen and oxygen atoms in total. The third-order valence-electron chi connectivity index (χ3n) is 2.35. The fraction of sp³-hybridized carbons (Fsp3) is 0.455. The Morgan fingerprint density at radius 2 is 2.00 bits per heavy atom. The van der Waals surface area contributed by atoms with E-state index in [2.05, 4.69) is 5.32 Å². The summed E-state index contributed by atoms with van der Waals surface area (Å²) in [5.74, 6) is -0.665. The van der Waals surface area contributed by atoms with Crippen molar-refractivity contribution in [1.82, 2.24) is 0 Å². The molecular weight excluding hydrogens is 245 g/mol. The quantitative estimate of drug-likeness (QED) is 0.626. The molecule has 96 valence electrons. The number of aliphatic hydroxyl groups excluding tert-OH is 1. The molecule has 0 aliphatic carbocycles. The summed E-state index contributed by atoms with van der Waals surface area (Å²) in [6, 6.07) is 1.27. The maximum absolute atomic E-state index is 13.8. The molecule has 6 N–H and O–H groups in total. The van der Waals surface area contributed by atoms with Gasteiger partial charge >= 0.3 is 0 Å². The van der Waals surface area contributed by atoms with Gasteiger partial charge < -0.3 is 21.9 Å². The average molecular weight is 262 g/mol. The Kier molecular flexibility index (Phi) is 4.42. The van der Waals surface area contributed by atoms with Crippen molar-refractivity contribution < 1.29 is 9.50 Å². The Bertz CT molecular complexity index is 412. The van der Waals surface area contributed by atoms with Crippen molar-refractivity contribution in [3.63, 3.8) is 0 Å². The maximum atomic E-state index is 13.8. The molecule has 0 bridgehead atoms. The predicted octanol–water partition coefficient (Wildman–Crippen LogP) is 2.21. The molecule has 0 aliphatic rings. The van der Waals surface area contributed by atoms with E-state index < -0.39 is 11.9 Å². The summed E-state index contributed by atoms with van der Waals surface area (Å²) in [6.45, 7) is 3.48. The van der Waals surface area contributed by atoms with E-state index in [1.165, 1.54) is 6.07 Å². The lowest BCUT2D eigenvalue weighted by molar-refractivity contribution is 0.179. The smallest absolute Gasteiger partial charge is 0.169 e. The van der Waals surface area contributed by atoms with E-state index in [4.69, 9.17) is 23.1 Å². The van der Waals surface area contributed by atoms with Gasteiger partial charge in [0.25, 0.3) is 0 Å². The SMILES string of the molecule is CC(O)CC(C)Nc1c(N)cc(N)c(Cl)c1F. The second-order valence-corrected chi connectivity index (χ2v) is 4.57. The number of rotatable bonds is 4. The van der Waals surface area contributed by atoms with E-state index in [0.29, 0.717) is 6.42 Å². The second kappa shape index (κ2) is 5.42. The lowest BCUT2D eigenvalue weighted by Gasteiger charge is -2.19. The highest BCUT2D eigenvalue weighted by Crippen LogP contribution is 2.34. The largest absolute Gasteiger partial charge is 0.397 e. The zero-order chi connectivity index (χ0) is 13.2. The van der Waals surface area contributed by atoms with Crippen LogP contribution in [-0.2, 0) is 0 Å². The van der Waals surface area contributed by atoms with Crippen LogP contribution in [0.5, 0.6) is 0 Å². The highest BCUT2D eigenvalue weighted by Gasteiger charge is 2.16. The number of hydrogen-bond donors (Lipinski definition) is 4. The summed E-state index contributed by atoms with van der Waals surface area (Å²) in [5.41, 5.74) is 11.6.